The minimum atomic E-state index is -0.233. The fourth-order valence-corrected chi connectivity index (χ4v) is 2.57. The minimum Gasteiger partial charge on any atom is -0.463 e. The highest BCUT2D eigenvalue weighted by atomic mass is 16.6. The smallest absolute Gasteiger partial charge is 0.302 e. The Morgan fingerprint density at radius 3 is 2.87 bits per heavy atom. The molecule has 86 valence electrons. The van der Waals surface area contributed by atoms with Gasteiger partial charge in [0, 0.05) is 13.5 Å². The van der Waals surface area contributed by atoms with Crippen LogP contribution in [0.25, 0.3) is 0 Å². The van der Waals surface area contributed by atoms with E-state index in [4.69, 9.17) is 9.47 Å². The van der Waals surface area contributed by atoms with Gasteiger partial charge in [0.15, 0.2) is 0 Å². The van der Waals surface area contributed by atoms with Crippen LogP contribution < -0.4 is 5.32 Å². The van der Waals surface area contributed by atoms with E-state index in [1.54, 1.807) is 0 Å². The van der Waals surface area contributed by atoms with Crippen molar-refractivity contribution in [1.82, 2.24) is 5.32 Å². The molecule has 1 N–H and O–H groups in total. The molecular weight excluding hydrogens is 194 g/mol. The molecule has 2 fully saturated rings. The van der Waals surface area contributed by atoms with Gasteiger partial charge >= 0.3 is 5.97 Å². The zero-order valence-electron chi connectivity index (χ0n) is 9.25. The topological polar surface area (TPSA) is 47.6 Å². The first-order valence-electron chi connectivity index (χ1n) is 5.66. The van der Waals surface area contributed by atoms with E-state index in [2.05, 4.69) is 5.32 Å². The third-order valence-corrected chi connectivity index (χ3v) is 3.40. The second kappa shape index (κ2) is 4.49. The predicted molar refractivity (Wildman–Crippen MR) is 55.5 cm³/mol. The van der Waals surface area contributed by atoms with Crippen molar-refractivity contribution >= 4 is 5.97 Å². The van der Waals surface area contributed by atoms with Gasteiger partial charge in [-0.15, -0.1) is 0 Å². The molecule has 0 amide bonds. The summed E-state index contributed by atoms with van der Waals surface area (Å²) in [6.07, 6.45) is 4.01. The summed E-state index contributed by atoms with van der Waals surface area (Å²) < 4.78 is 10.4. The summed E-state index contributed by atoms with van der Waals surface area (Å²) >= 11 is 0. The molecule has 0 radical (unpaired) electrons. The van der Waals surface area contributed by atoms with Crippen LogP contribution in [0.4, 0.5) is 0 Å². The Kier molecular flexibility index (Phi) is 3.26. The van der Waals surface area contributed by atoms with E-state index in [0.717, 1.165) is 13.1 Å². The minimum absolute atomic E-state index is 0.233. The molecule has 1 saturated heterocycles. The van der Waals surface area contributed by atoms with Crippen molar-refractivity contribution < 1.29 is 14.3 Å². The Hall–Kier alpha value is -0.610. The molecule has 1 saturated carbocycles. The zero-order chi connectivity index (χ0) is 10.7. The molecule has 0 aromatic heterocycles. The predicted octanol–water partition coefficient (Wildman–Crippen LogP) is 0.708. The number of hydrogen-bond acceptors (Lipinski definition) is 4. The largest absolute Gasteiger partial charge is 0.463 e. The first-order valence-corrected chi connectivity index (χ1v) is 5.66. The lowest BCUT2D eigenvalue weighted by atomic mass is 9.66. The van der Waals surface area contributed by atoms with Crippen molar-refractivity contribution in [3.63, 3.8) is 0 Å². The summed E-state index contributed by atoms with van der Waals surface area (Å²) in [7, 11) is 0. The Morgan fingerprint density at radius 1 is 1.47 bits per heavy atom. The molecule has 0 bridgehead atoms. The quantitative estimate of drug-likeness (QED) is 0.552. The molecule has 1 aliphatic heterocycles. The highest BCUT2D eigenvalue weighted by Gasteiger charge is 2.46. The van der Waals surface area contributed by atoms with Crippen LogP contribution in [-0.2, 0) is 14.3 Å². The molecule has 2 rings (SSSR count). The van der Waals surface area contributed by atoms with Crippen LogP contribution in [0.15, 0.2) is 0 Å². The Balaban J connectivity index is 1.54. The van der Waals surface area contributed by atoms with E-state index in [0.29, 0.717) is 24.7 Å². The summed E-state index contributed by atoms with van der Waals surface area (Å²) in [6, 6.07) is 0. The van der Waals surface area contributed by atoms with Gasteiger partial charge in [0.25, 0.3) is 0 Å². The average molecular weight is 213 g/mol. The highest BCUT2D eigenvalue weighted by Crippen LogP contribution is 2.46. The van der Waals surface area contributed by atoms with E-state index >= 15 is 0 Å². The van der Waals surface area contributed by atoms with Crippen molar-refractivity contribution in [3.8, 4) is 0 Å². The molecule has 0 atom stereocenters. The van der Waals surface area contributed by atoms with E-state index in [-0.39, 0.29) is 5.97 Å². The van der Waals surface area contributed by atoms with Crippen molar-refractivity contribution in [2.24, 2.45) is 5.41 Å². The number of esters is 1. The molecule has 15 heavy (non-hydrogen) atoms. The molecule has 4 heteroatoms. The van der Waals surface area contributed by atoms with Gasteiger partial charge in [-0.05, 0) is 31.2 Å². The molecule has 0 aromatic carbocycles. The summed E-state index contributed by atoms with van der Waals surface area (Å²) in [6.45, 7) is 4.64. The fourth-order valence-electron chi connectivity index (χ4n) is 2.57. The Labute approximate surface area is 90.3 Å². The lowest BCUT2D eigenvalue weighted by molar-refractivity contribution is -0.145. The van der Waals surface area contributed by atoms with Crippen molar-refractivity contribution in [2.75, 3.05) is 26.3 Å². The van der Waals surface area contributed by atoms with Crippen molar-refractivity contribution in [1.29, 1.82) is 0 Å². The normalized spacial score (nSPS) is 34.1. The van der Waals surface area contributed by atoms with E-state index in [1.165, 1.54) is 26.2 Å². The maximum absolute atomic E-state index is 10.5. The Bertz CT molecular complexity index is 228. The van der Waals surface area contributed by atoms with Crippen molar-refractivity contribution in [2.45, 2.75) is 32.3 Å². The third-order valence-electron chi connectivity index (χ3n) is 3.40. The van der Waals surface area contributed by atoms with Crippen LogP contribution in [0.3, 0.4) is 0 Å². The summed E-state index contributed by atoms with van der Waals surface area (Å²) in [5.41, 5.74) is 0.534. The van der Waals surface area contributed by atoms with Gasteiger partial charge in [0.2, 0.25) is 0 Å². The number of nitrogens with one attached hydrogen (secondary N) is 1. The SMILES string of the molecule is CC(=O)OCCOC1CC2(CCNC2)C1. The standard InChI is InChI=1S/C11H19NO3/c1-9(13)14-4-5-15-10-6-11(7-10)2-3-12-8-11/h10,12H,2-8H2,1H3. The van der Waals surface area contributed by atoms with Gasteiger partial charge in [0.05, 0.1) is 12.7 Å². The third kappa shape index (κ3) is 2.69. The van der Waals surface area contributed by atoms with E-state index in [1.807, 2.05) is 0 Å². The van der Waals surface area contributed by atoms with Gasteiger partial charge in [0.1, 0.15) is 6.61 Å². The number of rotatable bonds is 4. The highest BCUT2D eigenvalue weighted by molar-refractivity contribution is 5.65. The van der Waals surface area contributed by atoms with Crippen LogP contribution in [0.2, 0.25) is 0 Å². The maximum Gasteiger partial charge on any atom is 0.302 e. The number of ether oxygens (including phenoxy) is 2. The van der Waals surface area contributed by atoms with E-state index in [9.17, 15) is 4.79 Å². The lowest BCUT2D eigenvalue weighted by Gasteiger charge is -2.44. The van der Waals surface area contributed by atoms with Crippen LogP contribution in [-0.4, -0.2) is 38.4 Å². The maximum atomic E-state index is 10.5. The number of carbonyl (C=O) groups excluding carboxylic acids is 1. The molecular formula is C11H19NO3. The second-order valence-electron chi connectivity index (χ2n) is 4.67. The van der Waals surface area contributed by atoms with Gasteiger partial charge in [-0.25, -0.2) is 0 Å². The molecule has 1 spiro atoms. The first kappa shape index (κ1) is 10.9. The second-order valence-corrected chi connectivity index (χ2v) is 4.67. The Morgan fingerprint density at radius 2 is 2.27 bits per heavy atom. The van der Waals surface area contributed by atoms with Crippen LogP contribution in [0, 0.1) is 5.41 Å². The molecule has 4 nitrogen and oxygen atoms in total. The number of hydrogen-bond donors (Lipinski definition) is 1. The van der Waals surface area contributed by atoms with Gasteiger partial charge < -0.3 is 14.8 Å². The molecule has 1 heterocycles. The molecule has 0 aromatic rings. The molecule has 2 aliphatic rings. The summed E-state index contributed by atoms with van der Waals surface area (Å²) in [4.78, 5) is 10.5. The molecule has 1 aliphatic carbocycles. The van der Waals surface area contributed by atoms with Gasteiger partial charge in [-0.2, -0.15) is 0 Å². The average Bonchev–Trinajstić information content (AvgIpc) is 2.59. The lowest BCUT2D eigenvalue weighted by Crippen LogP contribution is -2.44. The van der Waals surface area contributed by atoms with Crippen LogP contribution in [0.1, 0.15) is 26.2 Å². The molecule has 0 unspecified atom stereocenters. The van der Waals surface area contributed by atoms with Gasteiger partial charge in [-0.3, -0.25) is 4.79 Å². The van der Waals surface area contributed by atoms with Crippen LogP contribution in [0.5, 0.6) is 0 Å². The monoisotopic (exact) mass is 213 g/mol. The van der Waals surface area contributed by atoms with Crippen molar-refractivity contribution in [3.05, 3.63) is 0 Å². The first-order chi connectivity index (χ1) is 7.20. The summed E-state index contributed by atoms with van der Waals surface area (Å²) in [5, 5.41) is 3.39. The van der Waals surface area contributed by atoms with E-state index < -0.39 is 0 Å². The summed E-state index contributed by atoms with van der Waals surface area (Å²) in [5.74, 6) is -0.233. The number of carbonyl (C=O) groups is 1. The fraction of sp³-hybridized carbons (Fsp3) is 0.909. The zero-order valence-corrected chi connectivity index (χ0v) is 9.25. The van der Waals surface area contributed by atoms with Gasteiger partial charge in [-0.1, -0.05) is 0 Å². The van der Waals surface area contributed by atoms with Crippen LogP contribution >= 0.6 is 0 Å².